The second-order valence-electron chi connectivity index (χ2n) is 9.20. The summed E-state index contributed by atoms with van der Waals surface area (Å²) in [7, 11) is 0. The van der Waals surface area contributed by atoms with Crippen molar-refractivity contribution in [2.45, 2.75) is 117 Å². The van der Waals surface area contributed by atoms with Crippen molar-refractivity contribution in [3.05, 3.63) is 24.3 Å². The number of carbonyl (C=O) groups is 2. The molecule has 1 rings (SSSR count). The van der Waals surface area contributed by atoms with Crippen LogP contribution in [0.2, 0.25) is 0 Å². The highest BCUT2D eigenvalue weighted by molar-refractivity contribution is 5.84. The highest BCUT2D eigenvalue weighted by atomic mass is 16.5. The minimum Gasteiger partial charge on any atom is -0.463 e. The Hall–Kier alpha value is -1.46. The zero-order valence-corrected chi connectivity index (χ0v) is 20.8. The molecule has 1 aliphatic rings. The summed E-state index contributed by atoms with van der Waals surface area (Å²) in [5.74, 6) is -0.374. The van der Waals surface area contributed by atoms with Crippen LogP contribution in [-0.2, 0) is 19.1 Å². The molecule has 5 heteroatoms. The van der Waals surface area contributed by atoms with E-state index in [1.54, 1.807) is 0 Å². The van der Waals surface area contributed by atoms with Gasteiger partial charge in [-0.3, -0.25) is 9.59 Å². The molecular weight excluding hydrogens is 404 g/mol. The maximum Gasteiger partial charge on any atom is 0.306 e. The van der Waals surface area contributed by atoms with Crippen LogP contribution in [0.15, 0.2) is 24.3 Å². The number of Topliss-reactive ketones (excluding diaryl/α,β-unsaturated/α-hetero) is 1. The minimum atomic E-state index is -0.616. The van der Waals surface area contributed by atoms with Gasteiger partial charge in [0.25, 0.3) is 0 Å². The van der Waals surface area contributed by atoms with Gasteiger partial charge in [0.15, 0.2) is 0 Å². The molecule has 1 unspecified atom stereocenters. The Labute approximate surface area is 195 Å². The second kappa shape index (κ2) is 17.1. The summed E-state index contributed by atoms with van der Waals surface area (Å²) in [6, 6.07) is 0. The summed E-state index contributed by atoms with van der Waals surface area (Å²) >= 11 is 0. The third-order valence-corrected chi connectivity index (χ3v) is 5.88. The molecule has 184 valence electrons. The van der Waals surface area contributed by atoms with E-state index in [1.165, 1.54) is 12.8 Å². The average molecular weight is 451 g/mol. The molecule has 0 aromatic heterocycles. The number of rotatable bonds is 17. The van der Waals surface area contributed by atoms with E-state index in [-0.39, 0.29) is 42.2 Å². The van der Waals surface area contributed by atoms with Crippen molar-refractivity contribution in [2.75, 3.05) is 6.61 Å². The zero-order valence-electron chi connectivity index (χ0n) is 20.8. The number of carbonyl (C=O) groups excluding carboxylic acids is 2. The third kappa shape index (κ3) is 12.0. The molecule has 32 heavy (non-hydrogen) atoms. The topological polar surface area (TPSA) is 72.8 Å². The van der Waals surface area contributed by atoms with Crippen LogP contribution in [0.5, 0.6) is 0 Å². The Bertz CT molecular complexity index is 571. The number of aliphatic hydroxyl groups is 1. The molecule has 0 amide bonds. The number of ether oxygens (including phenoxy) is 2. The first-order chi connectivity index (χ1) is 15.4. The maximum atomic E-state index is 12.5. The fourth-order valence-corrected chi connectivity index (χ4v) is 4.04. The van der Waals surface area contributed by atoms with Gasteiger partial charge in [0.2, 0.25) is 0 Å². The number of aliphatic hydroxyl groups excluding tert-OH is 1. The van der Waals surface area contributed by atoms with Crippen LogP contribution in [0.4, 0.5) is 0 Å². The molecule has 0 bridgehead atoms. The van der Waals surface area contributed by atoms with Crippen LogP contribution in [-0.4, -0.2) is 41.8 Å². The summed E-state index contributed by atoms with van der Waals surface area (Å²) in [6.07, 6.45) is 16.9. The second-order valence-corrected chi connectivity index (χ2v) is 9.20. The van der Waals surface area contributed by atoms with Crippen molar-refractivity contribution in [1.29, 1.82) is 0 Å². The molecular formula is C27H46O5. The number of ketones is 1. The van der Waals surface area contributed by atoms with Gasteiger partial charge in [-0.15, -0.1) is 0 Å². The van der Waals surface area contributed by atoms with E-state index in [0.29, 0.717) is 12.8 Å². The first kappa shape index (κ1) is 28.6. The maximum absolute atomic E-state index is 12.5. The number of esters is 1. The predicted octanol–water partition coefficient (Wildman–Crippen LogP) is 5.94. The molecule has 0 aliphatic heterocycles. The van der Waals surface area contributed by atoms with Crippen LogP contribution in [0.25, 0.3) is 0 Å². The van der Waals surface area contributed by atoms with E-state index in [9.17, 15) is 14.7 Å². The Morgan fingerprint density at radius 2 is 1.88 bits per heavy atom. The smallest absolute Gasteiger partial charge is 0.306 e. The summed E-state index contributed by atoms with van der Waals surface area (Å²) in [6.45, 7) is 8.79. The van der Waals surface area contributed by atoms with Gasteiger partial charge in [0.05, 0.1) is 18.3 Å². The molecule has 5 nitrogen and oxygen atoms in total. The Balaban J connectivity index is 2.56. The van der Waals surface area contributed by atoms with E-state index in [1.807, 2.05) is 32.1 Å². The number of hydrogen-bond donors (Lipinski definition) is 1. The van der Waals surface area contributed by atoms with Crippen LogP contribution in [0, 0.1) is 11.8 Å². The molecule has 4 atom stereocenters. The normalized spacial score (nSPS) is 22.4. The fraction of sp³-hybridized carbons (Fsp3) is 0.778. The summed E-state index contributed by atoms with van der Waals surface area (Å²) in [5, 5.41) is 10.5. The minimum absolute atomic E-state index is 0.0535. The highest BCUT2D eigenvalue weighted by Crippen LogP contribution is 2.33. The molecule has 0 radical (unpaired) electrons. The first-order valence-corrected chi connectivity index (χ1v) is 12.7. The Morgan fingerprint density at radius 3 is 2.56 bits per heavy atom. The lowest BCUT2D eigenvalue weighted by Crippen LogP contribution is -2.19. The van der Waals surface area contributed by atoms with E-state index < -0.39 is 6.10 Å². The highest BCUT2D eigenvalue weighted by Gasteiger charge is 2.39. The van der Waals surface area contributed by atoms with Gasteiger partial charge in [-0.1, -0.05) is 63.8 Å². The number of hydrogen-bond acceptors (Lipinski definition) is 5. The monoisotopic (exact) mass is 450 g/mol. The molecule has 0 saturated heterocycles. The molecule has 0 aromatic rings. The predicted molar refractivity (Wildman–Crippen MR) is 129 cm³/mol. The quantitative estimate of drug-likeness (QED) is 0.169. The van der Waals surface area contributed by atoms with Gasteiger partial charge < -0.3 is 14.6 Å². The molecule has 1 aliphatic carbocycles. The SMILES string of the molecule is CCCCCC(/C=C/[C@H]1[C@H](O)CC(=O)[C@@H]1C/C=C\CCCC(=O)OC(C)C)OCCCC. The van der Waals surface area contributed by atoms with Crippen molar-refractivity contribution < 1.29 is 24.2 Å². The lowest BCUT2D eigenvalue weighted by atomic mass is 9.90. The van der Waals surface area contributed by atoms with Gasteiger partial charge in [0.1, 0.15) is 5.78 Å². The van der Waals surface area contributed by atoms with Crippen LogP contribution in [0.3, 0.4) is 0 Å². The zero-order chi connectivity index (χ0) is 23.8. The van der Waals surface area contributed by atoms with Gasteiger partial charge >= 0.3 is 5.97 Å². The van der Waals surface area contributed by atoms with Crippen LogP contribution < -0.4 is 0 Å². The Kier molecular flexibility index (Phi) is 15.2. The molecule has 1 saturated carbocycles. The van der Waals surface area contributed by atoms with Gasteiger partial charge in [0, 0.05) is 31.3 Å². The van der Waals surface area contributed by atoms with Crippen LogP contribution >= 0.6 is 0 Å². The van der Waals surface area contributed by atoms with Crippen molar-refractivity contribution in [1.82, 2.24) is 0 Å². The summed E-state index contributed by atoms with van der Waals surface area (Å²) in [5.41, 5.74) is 0. The Morgan fingerprint density at radius 1 is 1.12 bits per heavy atom. The largest absolute Gasteiger partial charge is 0.463 e. The molecule has 1 fully saturated rings. The number of allylic oxidation sites excluding steroid dienone is 2. The number of unbranched alkanes of at least 4 members (excludes halogenated alkanes) is 4. The lowest BCUT2D eigenvalue weighted by molar-refractivity contribution is -0.147. The van der Waals surface area contributed by atoms with Crippen molar-refractivity contribution >= 4 is 11.8 Å². The van der Waals surface area contributed by atoms with Gasteiger partial charge in [-0.05, 0) is 46.0 Å². The third-order valence-electron chi connectivity index (χ3n) is 5.88. The summed E-state index contributed by atoms with van der Waals surface area (Å²) in [4.78, 5) is 24.0. The molecule has 0 aromatic carbocycles. The standard InChI is InChI=1S/C27H46O5/c1-5-7-11-14-22(31-19-8-6-2)17-18-24-23(25(28)20-26(24)29)15-12-9-10-13-16-27(30)32-21(3)4/h9,12,17-18,21-24,26,29H,5-8,10-11,13-16,19-20H2,1-4H3/b12-9-,18-17+/t22?,23-,24-,26-/m1/s1. The average Bonchev–Trinajstić information content (AvgIpc) is 3.00. The van der Waals surface area contributed by atoms with Gasteiger partial charge in [-0.25, -0.2) is 0 Å². The first-order valence-electron chi connectivity index (χ1n) is 12.7. The summed E-state index contributed by atoms with van der Waals surface area (Å²) < 4.78 is 11.2. The molecule has 1 N–H and O–H groups in total. The van der Waals surface area contributed by atoms with E-state index in [0.717, 1.165) is 45.1 Å². The van der Waals surface area contributed by atoms with Crippen molar-refractivity contribution in [3.63, 3.8) is 0 Å². The molecule has 0 heterocycles. The molecule has 0 spiro atoms. The van der Waals surface area contributed by atoms with E-state index >= 15 is 0 Å². The fourth-order valence-electron chi connectivity index (χ4n) is 4.04. The van der Waals surface area contributed by atoms with Crippen molar-refractivity contribution in [2.24, 2.45) is 11.8 Å². The van der Waals surface area contributed by atoms with Gasteiger partial charge in [-0.2, -0.15) is 0 Å². The van der Waals surface area contributed by atoms with Crippen LogP contribution in [0.1, 0.15) is 98.3 Å². The van der Waals surface area contributed by atoms with E-state index in [2.05, 4.69) is 19.9 Å². The van der Waals surface area contributed by atoms with Crippen molar-refractivity contribution in [3.8, 4) is 0 Å². The lowest BCUT2D eigenvalue weighted by Gasteiger charge is -2.19. The van der Waals surface area contributed by atoms with E-state index in [4.69, 9.17) is 9.47 Å².